The maximum absolute atomic E-state index is 8.77. The van der Waals surface area contributed by atoms with Crippen LogP contribution in [-0.4, -0.2) is 11.7 Å². The molecular weight excluding hydrogens is 162 g/mol. The highest BCUT2D eigenvalue weighted by molar-refractivity contribution is 5.05. The van der Waals surface area contributed by atoms with Gasteiger partial charge in [-0.15, -0.1) is 0 Å². The van der Waals surface area contributed by atoms with E-state index in [1.54, 1.807) is 0 Å². The third-order valence-corrected chi connectivity index (χ3v) is 2.10. The summed E-state index contributed by atoms with van der Waals surface area (Å²) < 4.78 is 2.03. The summed E-state index contributed by atoms with van der Waals surface area (Å²) in [7, 11) is 0. The van der Waals surface area contributed by atoms with Crippen LogP contribution in [0.5, 0.6) is 0 Å². The molecule has 0 aliphatic rings. The molecule has 0 aliphatic heterocycles. The predicted octanol–water partition coefficient (Wildman–Crippen LogP) is 1.31. The van der Waals surface area contributed by atoms with E-state index in [-0.39, 0.29) is 6.61 Å². The highest BCUT2D eigenvalue weighted by Crippen LogP contribution is 2.01. The van der Waals surface area contributed by atoms with Crippen molar-refractivity contribution in [3.05, 3.63) is 30.1 Å². The second kappa shape index (κ2) is 5.70. The van der Waals surface area contributed by atoms with Gasteiger partial charge in [-0.3, -0.25) is 0 Å². The molecule has 1 aromatic heterocycles. The van der Waals surface area contributed by atoms with Gasteiger partial charge in [0.1, 0.15) is 6.61 Å². The summed E-state index contributed by atoms with van der Waals surface area (Å²) in [5, 5.41) is 8.77. The van der Waals surface area contributed by atoms with Crippen LogP contribution in [0.25, 0.3) is 0 Å². The van der Waals surface area contributed by atoms with Gasteiger partial charge in [-0.25, -0.2) is 4.57 Å². The Labute approximate surface area is 79.8 Å². The average Bonchev–Trinajstić information content (AvgIpc) is 2.16. The van der Waals surface area contributed by atoms with Crippen molar-refractivity contribution >= 4 is 0 Å². The van der Waals surface area contributed by atoms with Crippen LogP contribution in [0.1, 0.15) is 25.3 Å². The monoisotopic (exact) mass is 180 g/mol. The van der Waals surface area contributed by atoms with Crippen LogP contribution in [0.4, 0.5) is 0 Å². The van der Waals surface area contributed by atoms with Crippen molar-refractivity contribution in [2.75, 3.05) is 6.61 Å². The zero-order chi connectivity index (χ0) is 9.52. The van der Waals surface area contributed by atoms with Crippen LogP contribution in [-0.2, 0) is 13.0 Å². The molecule has 0 aromatic carbocycles. The molecule has 2 nitrogen and oxygen atoms in total. The largest absolute Gasteiger partial charge is 0.390 e. The van der Waals surface area contributed by atoms with Gasteiger partial charge in [0, 0.05) is 11.6 Å². The second-order valence-corrected chi connectivity index (χ2v) is 3.28. The summed E-state index contributed by atoms with van der Waals surface area (Å²) in [6, 6.07) is 4.18. The number of aliphatic hydroxyl groups excluding tert-OH is 1. The lowest BCUT2D eigenvalue weighted by Gasteiger charge is -1.98. The molecule has 1 heterocycles. The molecule has 0 saturated heterocycles. The Kier molecular flexibility index (Phi) is 4.47. The molecule has 0 bridgehead atoms. The van der Waals surface area contributed by atoms with E-state index in [0.717, 1.165) is 6.42 Å². The number of hydrogen-bond acceptors (Lipinski definition) is 1. The van der Waals surface area contributed by atoms with E-state index in [0.29, 0.717) is 6.54 Å². The molecule has 0 radical (unpaired) electrons. The summed E-state index contributed by atoms with van der Waals surface area (Å²) in [5.41, 5.74) is 1.36. The van der Waals surface area contributed by atoms with Crippen molar-refractivity contribution < 1.29 is 9.67 Å². The van der Waals surface area contributed by atoms with Gasteiger partial charge in [0.2, 0.25) is 0 Å². The number of hydrogen-bond donors (Lipinski definition) is 1. The molecule has 1 N–H and O–H groups in total. The van der Waals surface area contributed by atoms with Crippen LogP contribution in [0.3, 0.4) is 0 Å². The molecule has 1 rings (SSSR count). The lowest BCUT2D eigenvalue weighted by Crippen LogP contribution is -2.35. The summed E-state index contributed by atoms with van der Waals surface area (Å²) in [4.78, 5) is 0. The predicted molar refractivity (Wildman–Crippen MR) is 52.3 cm³/mol. The van der Waals surface area contributed by atoms with Gasteiger partial charge in [-0.05, 0) is 18.9 Å². The summed E-state index contributed by atoms with van der Waals surface area (Å²) in [5.74, 6) is 0. The zero-order valence-electron chi connectivity index (χ0n) is 8.24. The Balaban J connectivity index is 2.56. The number of unbranched alkanes of at least 4 members (excludes halogenated alkanes) is 1. The van der Waals surface area contributed by atoms with E-state index < -0.39 is 0 Å². The molecule has 0 fully saturated rings. The zero-order valence-corrected chi connectivity index (χ0v) is 8.24. The topological polar surface area (TPSA) is 24.1 Å². The fourth-order valence-corrected chi connectivity index (χ4v) is 1.36. The van der Waals surface area contributed by atoms with Crippen LogP contribution < -0.4 is 4.57 Å². The van der Waals surface area contributed by atoms with Crippen LogP contribution in [0, 0.1) is 0 Å². The Morgan fingerprint density at radius 2 is 2.31 bits per heavy atom. The minimum absolute atomic E-state index is 0.210. The third kappa shape index (κ3) is 3.55. The van der Waals surface area contributed by atoms with E-state index in [4.69, 9.17) is 5.11 Å². The lowest BCUT2D eigenvalue weighted by molar-refractivity contribution is -0.698. The third-order valence-electron chi connectivity index (χ3n) is 2.10. The number of rotatable bonds is 5. The average molecular weight is 180 g/mol. The number of aromatic nitrogens is 1. The Morgan fingerprint density at radius 1 is 1.46 bits per heavy atom. The molecule has 2 heteroatoms. The summed E-state index contributed by atoms with van der Waals surface area (Å²) in [6.45, 7) is 3.10. The maximum Gasteiger partial charge on any atom is 0.172 e. The van der Waals surface area contributed by atoms with Crippen molar-refractivity contribution in [2.24, 2.45) is 0 Å². The number of pyridine rings is 1. The molecule has 0 aliphatic carbocycles. The fourth-order valence-electron chi connectivity index (χ4n) is 1.36. The van der Waals surface area contributed by atoms with Crippen molar-refractivity contribution in [1.29, 1.82) is 0 Å². The molecule has 0 spiro atoms. The van der Waals surface area contributed by atoms with Crippen LogP contribution in [0.15, 0.2) is 24.5 Å². The highest BCUT2D eigenvalue weighted by atomic mass is 16.3. The maximum atomic E-state index is 8.77. The first-order valence-electron chi connectivity index (χ1n) is 4.95. The lowest BCUT2D eigenvalue weighted by atomic mass is 10.1. The number of aryl methyl sites for hydroxylation is 1. The first kappa shape index (κ1) is 10.2. The van der Waals surface area contributed by atoms with E-state index in [1.807, 2.05) is 16.8 Å². The van der Waals surface area contributed by atoms with Crippen molar-refractivity contribution in [3.63, 3.8) is 0 Å². The minimum atomic E-state index is 0.210. The molecule has 0 saturated carbocycles. The Hall–Kier alpha value is -0.890. The Bertz CT molecular complexity index is 248. The van der Waals surface area contributed by atoms with Gasteiger partial charge in [0.15, 0.2) is 18.9 Å². The van der Waals surface area contributed by atoms with E-state index in [1.165, 1.54) is 18.4 Å². The number of nitrogens with zero attached hydrogens (tertiary/aromatic N) is 1. The van der Waals surface area contributed by atoms with Crippen LogP contribution in [0.2, 0.25) is 0 Å². The molecule has 72 valence electrons. The van der Waals surface area contributed by atoms with Crippen molar-refractivity contribution in [2.45, 2.75) is 32.7 Å². The van der Waals surface area contributed by atoms with Crippen molar-refractivity contribution in [3.8, 4) is 0 Å². The van der Waals surface area contributed by atoms with Gasteiger partial charge in [0.25, 0.3) is 0 Å². The van der Waals surface area contributed by atoms with Gasteiger partial charge < -0.3 is 5.11 Å². The smallest absolute Gasteiger partial charge is 0.172 e. The van der Waals surface area contributed by atoms with Crippen LogP contribution >= 0.6 is 0 Å². The van der Waals surface area contributed by atoms with E-state index in [2.05, 4.69) is 19.2 Å². The standard InChI is InChI=1S/C11H18NO/c1-2-3-5-11-6-4-7-12(10-11)8-9-13/h4,6-7,10,13H,2-3,5,8-9H2,1H3/q+1. The first-order chi connectivity index (χ1) is 6.36. The first-order valence-corrected chi connectivity index (χ1v) is 4.95. The minimum Gasteiger partial charge on any atom is -0.390 e. The molecule has 0 atom stereocenters. The molecular formula is C11H18NO+. The molecule has 0 amide bonds. The van der Waals surface area contributed by atoms with Crippen molar-refractivity contribution in [1.82, 2.24) is 0 Å². The quantitative estimate of drug-likeness (QED) is 0.679. The van der Waals surface area contributed by atoms with Gasteiger partial charge in [0.05, 0.1) is 0 Å². The normalized spacial score (nSPS) is 10.3. The fraction of sp³-hybridized carbons (Fsp3) is 0.545. The molecule has 13 heavy (non-hydrogen) atoms. The summed E-state index contributed by atoms with van der Waals surface area (Å²) in [6.07, 6.45) is 7.72. The second-order valence-electron chi connectivity index (χ2n) is 3.28. The SMILES string of the molecule is CCCCc1ccc[n+](CCO)c1. The van der Waals surface area contributed by atoms with Gasteiger partial charge >= 0.3 is 0 Å². The van der Waals surface area contributed by atoms with Gasteiger partial charge in [-0.1, -0.05) is 13.3 Å². The van der Waals surface area contributed by atoms with Gasteiger partial charge in [-0.2, -0.15) is 0 Å². The molecule has 0 unspecified atom stereocenters. The highest BCUT2D eigenvalue weighted by Gasteiger charge is 2.00. The molecule has 1 aromatic rings. The Morgan fingerprint density at radius 3 is 3.00 bits per heavy atom. The van der Waals surface area contributed by atoms with E-state index in [9.17, 15) is 0 Å². The van der Waals surface area contributed by atoms with E-state index >= 15 is 0 Å². The summed E-state index contributed by atoms with van der Waals surface area (Å²) >= 11 is 0. The number of aliphatic hydroxyl groups is 1.